The molecule has 0 amide bonds. The first kappa shape index (κ1) is 20.7. The first-order valence-electron chi connectivity index (χ1n) is 9.14. The molecule has 1 fully saturated rings. The molecule has 0 aromatic carbocycles. The van der Waals surface area contributed by atoms with Crippen molar-refractivity contribution in [3.63, 3.8) is 0 Å². The standard InChI is InChI=1S/C18H38P.ClH/c1-4-7-15-19(16-8-5-2,17-9-6-3)18-13-11-10-12-14-18;/h18H,4-17H2,1-3H3;1H/q+1;/p-1. The van der Waals surface area contributed by atoms with E-state index in [1.165, 1.54) is 63.4 Å². The minimum Gasteiger partial charge on any atom is -1.00 e. The van der Waals surface area contributed by atoms with E-state index in [-0.39, 0.29) is 12.4 Å². The fraction of sp³-hybridized carbons (Fsp3) is 1.00. The molecule has 0 heterocycles. The van der Waals surface area contributed by atoms with Crippen LogP contribution < -0.4 is 12.4 Å². The van der Waals surface area contributed by atoms with Gasteiger partial charge in [-0.15, -0.1) is 0 Å². The van der Waals surface area contributed by atoms with E-state index in [0.29, 0.717) is 0 Å². The van der Waals surface area contributed by atoms with Crippen LogP contribution in [0.5, 0.6) is 0 Å². The highest BCUT2D eigenvalue weighted by Crippen LogP contribution is 2.67. The van der Waals surface area contributed by atoms with Crippen molar-refractivity contribution in [1.82, 2.24) is 0 Å². The number of rotatable bonds is 10. The highest BCUT2D eigenvalue weighted by molar-refractivity contribution is 7.76. The average Bonchev–Trinajstić information content (AvgIpc) is 2.48. The van der Waals surface area contributed by atoms with Gasteiger partial charge >= 0.3 is 0 Å². The summed E-state index contributed by atoms with van der Waals surface area (Å²) < 4.78 is 0. The van der Waals surface area contributed by atoms with Gasteiger partial charge in [0, 0.05) is 7.26 Å². The minimum atomic E-state index is -0.621. The molecule has 0 saturated heterocycles. The Morgan fingerprint density at radius 3 is 1.45 bits per heavy atom. The maximum absolute atomic E-state index is 2.38. The summed E-state index contributed by atoms with van der Waals surface area (Å²) in [5, 5.41) is 0. The third-order valence-corrected chi connectivity index (χ3v) is 10.9. The Balaban J connectivity index is 0.00000361. The van der Waals surface area contributed by atoms with Gasteiger partial charge in [0.25, 0.3) is 0 Å². The molecule has 0 spiro atoms. The highest BCUT2D eigenvalue weighted by Gasteiger charge is 2.43. The largest absolute Gasteiger partial charge is 1.00 e. The first-order chi connectivity index (χ1) is 9.29. The molecule has 2 heteroatoms. The molecular formula is C18H38ClP. The van der Waals surface area contributed by atoms with Gasteiger partial charge in [-0.3, -0.25) is 0 Å². The van der Waals surface area contributed by atoms with Crippen LogP contribution in [0.4, 0.5) is 0 Å². The quantitative estimate of drug-likeness (QED) is 0.538. The van der Waals surface area contributed by atoms with E-state index < -0.39 is 7.26 Å². The molecule has 122 valence electrons. The average molecular weight is 321 g/mol. The molecule has 0 aliphatic heterocycles. The zero-order chi connectivity index (χ0) is 14.0. The van der Waals surface area contributed by atoms with Crippen LogP contribution in [0, 0.1) is 0 Å². The summed E-state index contributed by atoms with van der Waals surface area (Å²) in [7, 11) is -0.621. The molecule has 0 radical (unpaired) electrons. The Morgan fingerprint density at radius 1 is 0.700 bits per heavy atom. The molecule has 0 nitrogen and oxygen atoms in total. The van der Waals surface area contributed by atoms with Crippen molar-refractivity contribution in [2.45, 2.75) is 97.1 Å². The first-order valence-corrected chi connectivity index (χ1v) is 11.6. The molecule has 0 bridgehead atoms. The monoisotopic (exact) mass is 320 g/mol. The van der Waals surface area contributed by atoms with Crippen LogP contribution in [0.1, 0.15) is 91.4 Å². The molecule has 1 aliphatic rings. The van der Waals surface area contributed by atoms with Crippen molar-refractivity contribution < 1.29 is 12.4 Å². The van der Waals surface area contributed by atoms with E-state index in [9.17, 15) is 0 Å². The predicted octanol–water partition coefficient (Wildman–Crippen LogP) is 3.74. The normalized spacial score (nSPS) is 16.9. The van der Waals surface area contributed by atoms with E-state index in [2.05, 4.69) is 20.8 Å². The summed E-state index contributed by atoms with van der Waals surface area (Å²) in [5.41, 5.74) is 1.17. The van der Waals surface area contributed by atoms with E-state index in [0.717, 1.165) is 0 Å². The molecule has 1 aliphatic carbocycles. The second-order valence-corrected chi connectivity index (χ2v) is 11.3. The second kappa shape index (κ2) is 12.3. The highest BCUT2D eigenvalue weighted by atomic mass is 35.5. The molecular weight excluding hydrogens is 283 g/mol. The molecule has 0 aromatic heterocycles. The summed E-state index contributed by atoms with van der Waals surface area (Å²) in [5.74, 6) is 0. The number of hydrogen-bond donors (Lipinski definition) is 0. The van der Waals surface area contributed by atoms with Gasteiger partial charge in [-0.1, -0.05) is 46.5 Å². The number of hydrogen-bond acceptors (Lipinski definition) is 0. The molecule has 0 aromatic rings. The lowest BCUT2D eigenvalue weighted by Crippen LogP contribution is -3.00. The molecule has 20 heavy (non-hydrogen) atoms. The Bertz CT molecular complexity index is 190. The molecule has 1 rings (SSSR count). The van der Waals surface area contributed by atoms with Crippen molar-refractivity contribution in [3.8, 4) is 0 Å². The third kappa shape index (κ3) is 6.65. The van der Waals surface area contributed by atoms with Crippen molar-refractivity contribution in [1.29, 1.82) is 0 Å². The van der Waals surface area contributed by atoms with Gasteiger partial charge in [-0.25, -0.2) is 0 Å². The Hall–Kier alpha value is 0.720. The van der Waals surface area contributed by atoms with E-state index in [1.54, 1.807) is 31.3 Å². The van der Waals surface area contributed by atoms with Gasteiger partial charge in [0.2, 0.25) is 0 Å². The zero-order valence-corrected chi connectivity index (χ0v) is 16.0. The van der Waals surface area contributed by atoms with Crippen molar-refractivity contribution in [3.05, 3.63) is 0 Å². The van der Waals surface area contributed by atoms with Gasteiger partial charge in [-0.05, 0) is 44.9 Å². The topological polar surface area (TPSA) is 0 Å². The predicted molar refractivity (Wildman–Crippen MR) is 93.1 cm³/mol. The Labute approximate surface area is 135 Å². The van der Waals surface area contributed by atoms with Crippen LogP contribution >= 0.6 is 7.26 Å². The SMILES string of the molecule is CCCC[P+](CCCC)(CCCC)C1CCCCC1.[Cl-]. The summed E-state index contributed by atoms with van der Waals surface area (Å²) in [6, 6.07) is 0. The second-order valence-electron chi connectivity index (χ2n) is 6.74. The van der Waals surface area contributed by atoms with Crippen molar-refractivity contribution >= 4 is 7.26 Å². The van der Waals surface area contributed by atoms with Crippen LogP contribution in [0.2, 0.25) is 0 Å². The molecule has 0 N–H and O–H groups in total. The summed E-state index contributed by atoms with van der Waals surface area (Å²) in [4.78, 5) is 0. The van der Waals surface area contributed by atoms with Gasteiger partial charge in [-0.2, -0.15) is 0 Å². The van der Waals surface area contributed by atoms with Crippen LogP contribution in [0.15, 0.2) is 0 Å². The smallest absolute Gasteiger partial charge is 0.0697 e. The number of halogens is 1. The number of unbranched alkanes of at least 4 members (excludes halogenated alkanes) is 3. The molecule has 0 atom stereocenters. The fourth-order valence-corrected chi connectivity index (χ4v) is 10.00. The van der Waals surface area contributed by atoms with Crippen LogP contribution in [-0.4, -0.2) is 24.1 Å². The fourth-order valence-electron chi connectivity index (χ4n) is 3.93. The molecule has 1 saturated carbocycles. The van der Waals surface area contributed by atoms with Crippen LogP contribution in [0.25, 0.3) is 0 Å². The Morgan fingerprint density at radius 2 is 1.10 bits per heavy atom. The van der Waals surface area contributed by atoms with Gasteiger partial charge < -0.3 is 12.4 Å². The maximum atomic E-state index is 2.38. The van der Waals surface area contributed by atoms with Gasteiger partial charge in [0.05, 0.1) is 24.1 Å². The Kier molecular flexibility index (Phi) is 12.7. The van der Waals surface area contributed by atoms with E-state index >= 15 is 0 Å². The van der Waals surface area contributed by atoms with Crippen LogP contribution in [-0.2, 0) is 0 Å². The maximum Gasteiger partial charge on any atom is 0.0697 e. The van der Waals surface area contributed by atoms with Gasteiger partial charge in [0.1, 0.15) is 0 Å². The summed E-state index contributed by atoms with van der Waals surface area (Å²) >= 11 is 0. The lowest BCUT2D eigenvalue weighted by molar-refractivity contribution is -0.00000433. The van der Waals surface area contributed by atoms with E-state index in [4.69, 9.17) is 0 Å². The third-order valence-electron chi connectivity index (χ3n) is 5.22. The van der Waals surface area contributed by atoms with E-state index in [1.807, 2.05) is 0 Å². The molecule has 0 unspecified atom stereocenters. The van der Waals surface area contributed by atoms with Crippen LogP contribution in [0.3, 0.4) is 0 Å². The zero-order valence-electron chi connectivity index (χ0n) is 14.3. The summed E-state index contributed by atoms with van der Waals surface area (Å²) in [6.45, 7) is 7.15. The van der Waals surface area contributed by atoms with Crippen molar-refractivity contribution in [2.75, 3.05) is 18.5 Å². The minimum absolute atomic E-state index is 0. The lowest BCUT2D eigenvalue weighted by atomic mass is 10.0. The van der Waals surface area contributed by atoms with Crippen molar-refractivity contribution in [2.24, 2.45) is 0 Å². The summed E-state index contributed by atoms with van der Waals surface area (Å²) in [6.07, 6.45) is 21.4. The lowest BCUT2D eigenvalue weighted by Gasteiger charge is -2.37. The van der Waals surface area contributed by atoms with Gasteiger partial charge in [0.15, 0.2) is 0 Å².